The maximum absolute atomic E-state index is 11.8. The molecule has 1 atom stereocenters. The molecule has 2 rings (SSSR count). The molecular weight excluding hydrogens is 312 g/mol. The van der Waals surface area contributed by atoms with Gasteiger partial charge in [-0.05, 0) is 59.7 Å². The standard InChI is InChI=1S/C13H19BrN2OS/c14-12-7-6-10(18-12)2-1-3-13(17)16-11(8-15)9-4-5-9/h6-7,9,11H,1-5,8,15H2,(H,16,17). The highest BCUT2D eigenvalue weighted by Crippen LogP contribution is 2.32. The van der Waals surface area contributed by atoms with Gasteiger partial charge in [-0.3, -0.25) is 4.79 Å². The van der Waals surface area contributed by atoms with E-state index in [1.807, 2.05) is 0 Å². The van der Waals surface area contributed by atoms with E-state index in [1.54, 1.807) is 11.3 Å². The Morgan fingerprint density at radius 1 is 1.56 bits per heavy atom. The Morgan fingerprint density at radius 3 is 2.89 bits per heavy atom. The number of halogens is 1. The summed E-state index contributed by atoms with van der Waals surface area (Å²) in [5.74, 6) is 0.778. The van der Waals surface area contributed by atoms with Crippen molar-refractivity contribution in [2.75, 3.05) is 6.54 Å². The van der Waals surface area contributed by atoms with Crippen LogP contribution in [-0.2, 0) is 11.2 Å². The Hall–Kier alpha value is -0.390. The van der Waals surface area contributed by atoms with Crippen LogP contribution < -0.4 is 11.1 Å². The van der Waals surface area contributed by atoms with Crippen LogP contribution in [0.4, 0.5) is 0 Å². The normalized spacial score (nSPS) is 16.6. The fraction of sp³-hybridized carbons (Fsp3) is 0.615. The molecule has 1 fully saturated rings. The highest BCUT2D eigenvalue weighted by molar-refractivity contribution is 9.11. The Bertz CT molecular complexity index is 403. The van der Waals surface area contributed by atoms with Crippen molar-refractivity contribution in [3.8, 4) is 0 Å². The highest BCUT2D eigenvalue weighted by atomic mass is 79.9. The molecule has 0 radical (unpaired) electrons. The van der Waals surface area contributed by atoms with Gasteiger partial charge in [-0.15, -0.1) is 11.3 Å². The lowest BCUT2D eigenvalue weighted by Gasteiger charge is -2.15. The van der Waals surface area contributed by atoms with Crippen LogP contribution in [0.5, 0.6) is 0 Å². The maximum Gasteiger partial charge on any atom is 0.220 e. The molecule has 18 heavy (non-hydrogen) atoms. The highest BCUT2D eigenvalue weighted by Gasteiger charge is 2.30. The fourth-order valence-corrected chi connectivity index (χ4v) is 3.58. The number of nitrogens with two attached hydrogens (primary N) is 1. The first-order valence-corrected chi connectivity index (χ1v) is 8.03. The molecule has 1 aromatic rings. The van der Waals surface area contributed by atoms with E-state index in [2.05, 4.69) is 33.4 Å². The van der Waals surface area contributed by atoms with Crippen LogP contribution in [0.25, 0.3) is 0 Å². The van der Waals surface area contributed by atoms with E-state index in [-0.39, 0.29) is 11.9 Å². The fourth-order valence-electron chi connectivity index (χ4n) is 2.06. The lowest BCUT2D eigenvalue weighted by molar-refractivity contribution is -0.122. The number of carbonyl (C=O) groups excluding carboxylic acids is 1. The summed E-state index contributed by atoms with van der Waals surface area (Å²) in [5, 5.41) is 3.05. The molecule has 3 nitrogen and oxygen atoms in total. The molecule has 5 heteroatoms. The van der Waals surface area contributed by atoms with Crippen LogP contribution in [0.1, 0.15) is 30.6 Å². The number of thiophene rings is 1. The molecule has 3 N–H and O–H groups in total. The van der Waals surface area contributed by atoms with Gasteiger partial charge in [-0.2, -0.15) is 0 Å². The molecule has 100 valence electrons. The predicted molar refractivity (Wildman–Crippen MR) is 78.7 cm³/mol. The molecule has 1 aliphatic rings. The van der Waals surface area contributed by atoms with Crippen molar-refractivity contribution in [1.29, 1.82) is 0 Å². The van der Waals surface area contributed by atoms with Gasteiger partial charge in [0.1, 0.15) is 0 Å². The van der Waals surface area contributed by atoms with E-state index in [4.69, 9.17) is 5.73 Å². The number of carbonyl (C=O) groups is 1. The Labute approximate surface area is 120 Å². The number of hydrogen-bond acceptors (Lipinski definition) is 3. The zero-order valence-electron chi connectivity index (χ0n) is 10.3. The van der Waals surface area contributed by atoms with Gasteiger partial charge in [0.15, 0.2) is 0 Å². The molecule has 1 aliphatic carbocycles. The van der Waals surface area contributed by atoms with Crippen molar-refractivity contribution in [1.82, 2.24) is 5.32 Å². The maximum atomic E-state index is 11.8. The molecule has 0 saturated heterocycles. The largest absolute Gasteiger partial charge is 0.352 e. The Balaban J connectivity index is 1.65. The van der Waals surface area contributed by atoms with E-state index >= 15 is 0 Å². The van der Waals surface area contributed by atoms with Crippen molar-refractivity contribution in [2.24, 2.45) is 11.7 Å². The third kappa shape index (κ3) is 4.37. The molecule has 1 unspecified atom stereocenters. The van der Waals surface area contributed by atoms with Crippen LogP contribution in [0.3, 0.4) is 0 Å². The van der Waals surface area contributed by atoms with Crippen LogP contribution >= 0.6 is 27.3 Å². The Kier molecular flexibility index (Phi) is 5.21. The smallest absolute Gasteiger partial charge is 0.220 e. The lowest BCUT2D eigenvalue weighted by atomic mass is 10.1. The SMILES string of the molecule is NCC(NC(=O)CCCc1ccc(Br)s1)C1CC1. The van der Waals surface area contributed by atoms with Crippen molar-refractivity contribution in [3.63, 3.8) is 0 Å². The third-order valence-corrected chi connectivity index (χ3v) is 4.93. The molecule has 0 bridgehead atoms. The van der Waals surface area contributed by atoms with E-state index in [1.165, 1.54) is 17.7 Å². The van der Waals surface area contributed by atoms with Crippen LogP contribution in [0.15, 0.2) is 15.9 Å². The van der Waals surface area contributed by atoms with Gasteiger partial charge in [0.05, 0.1) is 3.79 Å². The quantitative estimate of drug-likeness (QED) is 0.807. The molecule has 0 spiro atoms. The minimum Gasteiger partial charge on any atom is -0.352 e. The van der Waals surface area contributed by atoms with Gasteiger partial charge >= 0.3 is 0 Å². The van der Waals surface area contributed by atoms with Crippen molar-refractivity contribution >= 4 is 33.2 Å². The first-order chi connectivity index (χ1) is 8.69. The summed E-state index contributed by atoms with van der Waals surface area (Å²) in [7, 11) is 0. The van der Waals surface area contributed by atoms with Gasteiger partial charge in [-0.25, -0.2) is 0 Å². The van der Waals surface area contributed by atoms with Crippen molar-refractivity contribution < 1.29 is 4.79 Å². The predicted octanol–water partition coefficient (Wildman–Crippen LogP) is 2.69. The van der Waals surface area contributed by atoms with Gasteiger partial charge < -0.3 is 11.1 Å². The third-order valence-electron chi connectivity index (χ3n) is 3.25. The van der Waals surface area contributed by atoms with E-state index in [0.717, 1.165) is 16.6 Å². The number of aryl methyl sites for hydroxylation is 1. The van der Waals surface area contributed by atoms with Gasteiger partial charge in [0.25, 0.3) is 0 Å². The summed E-state index contributed by atoms with van der Waals surface area (Å²) < 4.78 is 1.15. The number of nitrogens with one attached hydrogen (secondary N) is 1. The summed E-state index contributed by atoms with van der Waals surface area (Å²) in [6, 6.07) is 4.37. The van der Waals surface area contributed by atoms with Crippen molar-refractivity contribution in [2.45, 2.75) is 38.1 Å². The first-order valence-electron chi connectivity index (χ1n) is 6.42. The lowest BCUT2D eigenvalue weighted by Crippen LogP contribution is -2.41. The minimum absolute atomic E-state index is 0.146. The van der Waals surface area contributed by atoms with E-state index < -0.39 is 0 Å². The molecule has 0 aromatic carbocycles. The average Bonchev–Trinajstić information content (AvgIpc) is 3.10. The zero-order valence-corrected chi connectivity index (χ0v) is 12.7. The molecule has 1 aromatic heterocycles. The minimum atomic E-state index is 0.146. The van der Waals surface area contributed by atoms with Crippen molar-refractivity contribution in [3.05, 3.63) is 20.8 Å². The zero-order chi connectivity index (χ0) is 13.0. The first kappa shape index (κ1) is 14.0. The Morgan fingerprint density at radius 2 is 2.33 bits per heavy atom. The summed E-state index contributed by atoms with van der Waals surface area (Å²) in [6.07, 6.45) is 4.90. The number of hydrogen-bond donors (Lipinski definition) is 2. The molecule has 1 amide bonds. The van der Waals surface area contributed by atoms with E-state index in [0.29, 0.717) is 18.9 Å². The summed E-state index contributed by atoms with van der Waals surface area (Å²) >= 11 is 5.18. The second-order valence-electron chi connectivity index (χ2n) is 4.81. The average molecular weight is 331 g/mol. The topological polar surface area (TPSA) is 55.1 Å². The van der Waals surface area contributed by atoms with Crippen LogP contribution in [-0.4, -0.2) is 18.5 Å². The van der Waals surface area contributed by atoms with Gasteiger partial charge in [-0.1, -0.05) is 0 Å². The molecule has 0 aliphatic heterocycles. The monoisotopic (exact) mass is 330 g/mol. The van der Waals surface area contributed by atoms with Gasteiger partial charge in [0, 0.05) is 23.9 Å². The second kappa shape index (κ2) is 6.68. The molecule has 1 saturated carbocycles. The van der Waals surface area contributed by atoms with Gasteiger partial charge in [0.2, 0.25) is 5.91 Å². The summed E-state index contributed by atoms with van der Waals surface area (Å²) in [6.45, 7) is 0.564. The van der Waals surface area contributed by atoms with Crippen LogP contribution in [0, 0.1) is 5.92 Å². The number of rotatable bonds is 7. The summed E-state index contributed by atoms with van der Waals surface area (Å²) in [5.41, 5.74) is 5.67. The van der Waals surface area contributed by atoms with E-state index in [9.17, 15) is 4.79 Å². The molecule has 1 heterocycles. The summed E-state index contributed by atoms with van der Waals surface area (Å²) in [4.78, 5) is 13.1. The molecular formula is C13H19BrN2OS. The second-order valence-corrected chi connectivity index (χ2v) is 7.35. The number of amides is 1. The van der Waals surface area contributed by atoms with Crippen LogP contribution in [0.2, 0.25) is 0 Å².